The maximum Gasteiger partial charge on any atom is 1.00 e. The van der Waals surface area contributed by atoms with Gasteiger partial charge in [-0.2, -0.15) is 5.10 Å². The van der Waals surface area contributed by atoms with Crippen molar-refractivity contribution in [3.63, 3.8) is 0 Å². The molecule has 0 spiro atoms. The standard InChI is InChI=1S/C27H30F3N3O6.Na/c1-15(2)23-25(26(38)32(3)13-16-5-4-6-21(29)24(16)30)31-33(18-9-7-17(28)8-10-18)27(23)39-14-20(35)11-19(34)12-22(36)37;/h4-10,15,19-20,34-35H,11-14H2,1-3H3,(H,36,37);/q;+1/p-1/t19-,20+;/m1./s1. The van der Waals surface area contributed by atoms with Gasteiger partial charge in [-0.3, -0.25) is 4.79 Å². The zero-order valence-corrected chi connectivity index (χ0v) is 24.6. The number of benzene rings is 2. The molecular weight excluding hydrogens is 542 g/mol. The van der Waals surface area contributed by atoms with Crippen molar-refractivity contribution in [1.29, 1.82) is 0 Å². The number of nitrogens with zero attached hydrogens (tertiary/aromatic N) is 3. The minimum absolute atomic E-state index is 0. The molecule has 0 aliphatic carbocycles. The second-order valence-corrected chi connectivity index (χ2v) is 9.41. The summed E-state index contributed by atoms with van der Waals surface area (Å²) >= 11 is 0. The minimum atomic E-state index is -1.47. The first-order chi connectivity index (χ1) is 18.4. The Morgan fingerprint density at radius 2 is 1.73 bits per heavy atom. The van der Waals surface area contributed by atoms with Crippen molar-refractivity contribution in [2.45, 2.75) is 51.4 Å². The molecule has 210 valence electrons. The van der Waals surface area contributed by atoms with Crippen LogP contribution in [0.15, 0.2) is 42.5 Å². The molecule has 0 radical (unpaired) electrons. The summed E-state index contributed by atoms with van der Waals surface area (Å²) in [5, 5.41) is 35.2. The van der Waals surface area contributed by atoms with Gasteiger partial charge in [0.15, 0.2) is 17.3 Å². The van der Waals surface area contributed by atoms with Crippen molar-refractivity contribution < 1.29 is 72.4 Å². The summed E-state index contributed by atoms with van der Waals surface area (Å²) in [5.41, 5.74) is 0.566. The van der Waals surface area contributed by atoms with E-state index in [1.807, 2.05) is 0 Å². The van der Waals surface area contributed by atoms with Crippen LogP contribution in [0.2, 0.25) is 0 Å². The van der Waals surface area contributed by atoms with E-state index in [0.29, 0.717) is 11.3 Å². The largest absolute Gasteiger partial charge is 1.00 e. The Bertz CT molecular complexity index is 1320. The van der Waals surface area contributed by atoms with Crippen LogP contribution in [0.4, 0.5) is 13.2 Å². The number of ether oxygens (including phenoxy) is 1. The summed E-state index contributed by atoms with van der Waals surface area (Å²) < 4.78 is 48.6. The summed E-state index contributed by atoms with van der Waals surface area (Å²) in [5.74, 6) is -5.03. The van der Waals surface area contributed by atoms with Gasteiger partial charge in [-0.05, 0) is 36.2 Å². The van der Waals surface area contributed by atoms with Crippen molar-refractivity contribution in [1.82, 2.24) is 14.7 Å². The quantitative estimate of drug-likeness (QED) is 0.276. The van der Waals surface area contributed by atoms with Crippen LogP contribution in [-0.4, -0.2) is 62.6 Å². The smallest absolute Gasteiger partial charge is 0.550 e. The fourth-order valence-corrected chi connectivity index (χ4v) is 4.00. The van der Waals surface area contributed by atoms with Crippen LogP contribution in [0, 0.1) is 17.5 Å². The average Bonchev–Trinajstić information content (AvgIpc) is 3.24. The maximum atomic E-state index is 14.2. The van der Waals surface area contributed by atoms with Crippen LogP contribution in [0.5, 0.6) is 5.88 Å². The number of aliphatic carboxylic acids is 1. The van der Waals surface area contributed by atoms with Crippen LogP contribution < -0.4 is 39.4 Å². The number of hydrogen-bond acceptors (Lipinski definition) is 7. The van der Waals surface area contributed by atoms with Gasteiger partial charge in [-0.15, -0.1) is 0 Å². The monoisotopic (exact) mass is 571 g/mol. The van der Waals surface area contributed by atoms with E-state index in [1.54, 1.807) is 13.8 Å². The summed E-state index contributed by atoms with van der Waals surface area (Å²) in [7, 11) is 1.40. The molecule has 0 unspecified atom stereocenters. The first-order valence-corrected chi connectivity index (χ1v) is 12.1. The SMILES string of the molecule is CC(C)c1c(C(=O)N(C)Cc2cccc(F)c2F)nn(-c2ccc(F)cc2)c1OC[C@@H](O)C[C@@H](O)CC(=O)[O-].[Na+]. The normalized spacial score (nSPS) is 12.5. The van der Waals surface area contributed by atoms with Gasteiger partial charge in [-0.25, -0.2) is 17.9 Å². The third kappa shape index (κ3) is 8.31. The zero-order valence-electron chi connectivity index (χ0n) is 22.6. The predicted octanol–water partition coefficient (Wildman–Crippen LogP) is -0.680. The van der Waals surface area contributed by atoms with E-state index < -0.39 is 54.6 Å². The molecule has 1 heterocycles. The molecule has 0 aliphatic heterocycles. The Labute approximate surface area is 251 Å². The molecule has 0 bridgehead atoms. The number of aliphatic hydroxyl groups is 2. The number of carbonyl (C=O) groups excluding carboxylic acids is 2. The van der Waals surface area contributed by atoms with Crippen LogP contribution in [0.1, 0.15) is 54.2 Å². The molecule has 13 heteroatoms. The van der Waals surface area contributed by atoms with Crippen molar-refractivity contribution in [2.75, 3.05) is 13.7 Å². The van der Waals surface area contributed by atoms with Crippen LogP contribution in [0.3, 0.4) is 0 Å². The Hall–Kier alpha value is -2.90. The molecule has 1 aromatic heterocycles. The van der Waals surface area contributed by atoms with E-state index in [-0.39, 0.29) is 65.6 Å². The van der Waals surface area contributed by atoms with Crippen LogP contribution in [0.25, 0.3) is 5.69 Å². The molecule has 40 heavy (non-hydrogen) atoms. The van der Waals surface area contributed by atoms with Gasteiger partial charge in [0.1, 0.15) is 12.4 Å². The van der Waals surface area contributed by atoms with Gasteiger partial charge in [0, 0.05) is 43.5 Å². The zero-order chi connectivity index (χ0) is 28.9. The second-order valence-electron chi connectivity index (χ2n) is 9.41. The maximum absolute atomic E-state index is 14.2. The average molecular weight is 572 g/mol. The molecular formula is C27H29F3N3NaO6. The molecule has 2 atom stereocenters. The summed E-state index contributed by atoms with van der Waals surface area (Å²) in [6.07, 6.45) is -3.63. The van der Waals surface area contributed by atoms with Gasteiger partial charge in [0.2, 0.25) is 5.88 Å². The van der Waals surface area contributed by atoms with Gasteiger partial charge < -0.3 is 29.8 Å². The molecule has 0 fully saturated rings. The van der Waals surface area contributed by atoms with Crippen molar-refractivity contribution >= 4 is 11.9 Å². The molecule has 0 saturated carbocycles. The van der Waals surface area contributed by atoms with Gasteiger partial charge in [-0.1, -0.05) is 26.0 Å². The van der Waals surface area contributed by atoms with Crippen LogP contribution >= 0.6 is 0 Å². The summed E-state index contributed by atoms with van der Waals surface area (Å²) in [6, 6.07) is 8.82. The fraction of sp³-hybridized carbons (Fsp3) is 0.370. The van der Waals surface area contributed by atoms with Gasteiger partial charge >= 0.3 is 29.6 Å². The topological polar surface area (TPSA) is 128 Å². The summed E-state index contributed by atoms with van der Waals surface area (Å²) in [6.45, 7) is 2.88. The number of aliphatic hydroxyl groups excluding tert-OH is 2. The van der Waals surface area contributed by atoms with Crippen LogP contribution in [-0.2, 0) is 11.3 Å². The number of hydrogen-bond donors (Lipinski definition) is 2. The number of carbonyl (C=O) groups is 2. The Balaban J connectivity index is 0.00000560. The number of amides is 1. The van der Waals surface area contributed by atoms with E-state index in [9.17, 15) is 38.1 Å². The van der Waals surface area contributed by atoms with Crippen molar-refractivity contribution in [2.24, 2.45) is 0 Å². The molecule has 2 aromatic carbocycles. The number of halogens is 3. The predicted molar refractivity (Wildman–Crippen MR) is 132 cm³/mol. The number of carboxylic acids is 1. The van der Waals surface area contributed by atoms with Crippen molar-refractivity contribution in [3.8, 4) is 11.6 Å². The van der Waals surface area contributed by atoms with E-state index in [0.717, 1.165) is 11.0 Å². The number of rotatable bonds is 12. The first kappa shape index (κ1) is 33.3. The molecule has 2 N–H and O–H groups in total. The Kier molecular flexibility index (Phi) is 12.2. The number of carboxylic acid groups (broad SMARTS) is 1. The first-order valence-electron chi connectivity index (χ1n) is 12.1. The number of aromatic nitrogens is 2. The third-order valence-corrected chi connectivity index (χ3v) is 5.87. The molecule has 3 rings (SSSR count). The minimum Gasteiger partial charge on any atom is -0.550 e. The summed E-state index contributed by atoms with van der Waals surface area (Å²) in [4.78, 5) is 25.3. The molecule has 1 amide bonds. The third-order valence-electron chi connectivity index (χ3n) is 5.87. The van der Waals surface area contributed by atoms with Gasteiger partial charge in [0.25, 0.3) is 5.91 Å². The second kappa shape index (κ2) is 14.6. The van der Waals surface area contributed by atoms with E-state index in [4.69, 9.17) is 4.74 Å². The molecule has 3 aromatic rings. The Morgan fingerprint density at radius 3 is 2.33 bits per heavy atom. The van der Waals surface area contributed by atoms with E-state index >= 15 is 0 Å². The Morgan fingerprint density at radius 1 is 1.07 bits per heavy atom. The molecule has 0 aliphatic rings. The van der Waals surface area contributed by atoms with Crippen molar-refractivity contribution in [3.05, 3.63) is 76.7 Å². The van der Waals surface area contributed by atoms with Gasteiger partial charge in [0.05, 0.1) is 17.9 Å². The molecule has 0 saturated heterocycles. The van der Waals surface area contributed by atoms with E-state index in [2.05, 4.69) is 5.10 Å². The van der Waals surface area contributed by atoms with E-state index in [1.165, 1.54) is 48.1 Å². The molecule has 9 nitrogen and oxygen atoms in total. The fourth-order valence-electron chi connectivity index (χ4n) is 4.00.